The van der Waals surface area contributed by atoms with Crippen LogP contribution >= 0.6 is 0 Å². The van der Waals surface area contributed by atoms with Gasteiger partial charge in [-0.15, -0.1) is 0 Å². The highest BCUT2D eigenvalue weighted by molar-refractivity contribution is 5.66. The highest BCUT2D eigenvalue weighted by Crippen LogP contribution is 2.62. The fourth-order valence-electron chi connectivity index (χ4n) is 6.25. The Balaban J connectivity index is 2.08. The van der Waals surface area contributed by atoms with Crippen molar-refractivity contribution in [1.82, 2.24) is 0 Å². The monoisotopic (exact) mass is 392 g/mol. The lowest BCUT2D eigenvalue weighted by atomic mass is 9.46. The van der Waals surface area contributed by atoms with E-state index in [0.29, 0.717) is 17.8 Å². The third kappa shape index (κ3) is 5.40. The summed E-state index contributed by atoms with van der Waals surface area (Å²) in [6.07, 6.45) is 9.69. The van der Waals surface area contributed by atoms with E-state index in [4.69, 9.17) is 9.84 Å². The molecule has 28 heavy (non-hydrogen) atoms. The van der Waals surface area contributed by atoms with Gasteiger partial charge in [0, 0.05) is 13.0 Å². The zero-order valence-electron chi connectivity index (χ0n) is 19.1. The zero-order valence-corrected chi connectivity index (χ0v) is 19.1. The molecule has 0 saturated heterocycles. The Hall–Kier alpha value is -0.830. The van der Waals surface area contributed by atoms with Crippen LogP contribution in [0.1, 0.15) is 92.4 Å². The average molecular weight is 393 g/mol. The Morgan fingerprint density at radius 3 is 2.64 bits per heavy atom. The molecule has 0 heterocycles. The summed E-state index contributed by atoms with van der Waals surface area (Å²) in [6, 6.07) is 0. The Morgan fingerprint density at radius 1 is 1.29 bits per heavy atom. The van der Waals surface area contributed by atoms with Crippen LogP contribution in [0, 0.1) is 34.5 Å². The van der Waals surface area contributed by atoms with Gasteiger partial charge in [-0.25, -0.2) is 0 Å². The summed E-state index contributed by atoms with van der Waals surface area (Å²) < 4.78 is 6.24. The number of fused-ring (bicyclic) bond motifs is 1. The van der Waals surface area contributed by atoms with Crippen LogP contribution in [0.2, 0.25) is 0 Å². The lowest BCUT2D eigenvalue weighted by Gasteiger charge is -2.59. The van der Waals surface area contributed by atoms with Crippen molar-refractivity contribution < 1.29 is 14.6 Å². The van der Waals surface area contributed by atoms with Gasteiger partial charge in [0.15, 0.2) is 0 Å². The van der Waals surface area contributed by atoms with Gasteiger partial charge < -0.3 is 9.84 Å². The van der Waals surface area contributed by atoms with Gasteiger partial charge in [-0.3, -0.25) is 4.79 Å². The van der Waals surface area contributed by atoms with Crippen LogP contribution in [-0.4, -0.2) is 24.3 Å². The largest absolute Gasteiger partial charge is 0.481 e. The third-order valence-electron chi connectivity index (χ3n) is 8.15. The predicted octanol–water partition coefficient (Wildman–Crippen LogP) is 6.72. The number of aliphatic carboxylic acids is 1. The van der Waals surface area contributed by atoms with Crippen molar-refractivity contribution in [3.63, 3.8) is 0 Å². The molecule has 0 radical (unpaired) electrons. The maximum atomic E-state index is 11.0. The van der Waals surface area contributed by atoms with Crippen molar-refractivity contribution in [3.05, 3.63) is 12.2 Å². The highest BCUT2D eigenvalue weighted by atomic mass is 16.5. The lowest BCUT2D eigenvalue weighted by Crippen LogP contribution is -2.52. The second-order valence-corrected chi connectivity index (χ2v) is 10.6. The second kappa shape index (κ2) is 9.78. The molecule has 162 valence electrons. The maximum absolute atomic E-state index is 11.0. The first-order valence-electron chi connectivity index (χ1n) is 11.6. The van der Waals surface area contributed by atoms with Crippen LogP contribution in [-0.2, 0) is 9.53 Å². The van der Waals surface area contributed by atoms with Crippen LogP contribution in [0.5, 0.6) is 0 Å². The van der Waals surface area contributed by atoms with E-state index < -0.39 is 5.97 Å². The number of allylic oxidation sites excluding steroid dienone is 1. The molecule has 2 aliphatic rings. The van der Waals surface area contributed by atoms with Crippen molar-refractivity contribution in [1.29, 1.82) is 0 Å². The summed E-state index contributed by atoms with van der Waals surface area (Å²) in [5.74, 6) is 1.40. The smallest absolute Gasteiger partial charge is 0.303 e. The molecular formula is C25H44O3. The second-order valence-electron chi connectivity index (χ2n) is 10.6. The van der Waals surface area contributed by atoms with Gasteiger partial charge >= 0.3 is 5.97 Å². The first-order chi connectivity index (χ1) is 13.1. The lowest BCUT2D eigenvalue weighted by molar-refractivity contribution is -0.138. The first kappa shape index (κ1) is 23.4. The van der Waals surface area contributed by atoms with Gasteiger partial charge in [0.25, 0.3) is 0 Å². The van der Waals surface area contributed by atoms with Crippen LogP contribution in [0.15, 0.2) is 12.2 Å². The van der Waals surface area contributed by atoms with E-state index in [-0.39, 0.29) is 23.2 Å². The van der Waals surface area contributed by atoms with Crippen LogP contribution in [0.25, 0.3) is 0 Å². The van der Waals surface area contributed by atoms with Gasteiger partial charge in [0.2, 0.25) is 0 Å². The molecule has 0 aromatic carbocycles. The molecule has 6 atom stereocenters. The van der Waals surface area contributed by atoms with Gasteiger partial charge in [-0.1, -0.05) is 59.6 Å². The fourth-order valence-corrected chi connectivity index (χ4v) is 6.25. The van der Waals surface area contributed by atoms with Crippen molar-refractivity contribution in [3.8, 4) is 0 Å². The molecule has 2 saturated carbocycles. The number of ether oxygens (including phenoxy) is 1. The van der Waals surface area contributed by atoms with Crippen molar-refractivity contribution in [2.24, 2.45) is 34.5 Å². The molecule has 2 fully saturated rings. The number of carbonyl (C=O) groups is 1. The summed E-state index contributed by atoms with van der Waals surface area (Å²) in [5.41, 5.74) is 1.95. The number of carboxylic acids is 1. The SMILES string of the molecule is C=C1CC[C@@H]2[C@](C)(COCC(C)CC)CCC[C@@]2(C)[C@H]1CC[C@H](C)CC(=O)O. The van der Waals surface area contributed by atoms with E-state index in [0.717, 1.165) is 32.5 Å². The number of hydrogen-bond acceptors (Lipinski definition) is 2. The standard InChI is InChI=1S/C25H44O3/c1-7-18(2)16-28-17-24(5)13-8-14-25(6)21(20(4)10-12-22(24)25)11-9-19(3)15-23(26)27/h18-19,21-22H,4,7-17H2,1-3,5-6H3,(H,26,27)/t18?,19-,21-,22+,24-,25-/m0/s1. The van der Waals surface area contributed by atoms with E-state index in [1.807, 2.05) is 0 Å². The first-order valence-corrected chi connectivity index (χ1v) is 11.6. The molecule has 1 N–H and O–H groups in total. The van der Waals surface area contributed by atoms with E-state index in [2.05, 4.69) is 41.2 Å². The van der Waals surface area contributed by atoms with Crippen LogP contribution in [0.4, 0.5) is 0 Å². The molecule has 3 heteroatoms. The minimum absolute atomic E-state index is 0.239. The van der Waals surface area contributed by atoms with Gasteiger partial charge in [0.1, 0.15) is 0 Å². The Kier molecular flexibility index (Phi) is 8.19. The molecule has 0 bridgehead atoms. The van der Waals surface area contributed by atoms with Crippen molar-refractivity contribution >= 4 is 5.97 Å². The summed E-state index contributed by atoms with van der Waals surface area (Å²) in [5, 5.41) is 9.09. The quantitative estimate of drug-likeness (QED) is 0.420. The molecule has 0 aliphatic heterocycles. The van der Waals surface area contributed by atoms with Crippen molar-refractivity contribution in [2.75, 3.05) is 13.2 Å². The number of rotatable bonds is 10. The zero-order chi connectivity index (χ0) is 20.9. The topological polar surface area (TPSA) is 46.5 Å². The summed E-state index contributed by atoms with van der Waals surface area (Å²) in [7, 11) is 0. The van der Waals surface area contributed by atoms with E-state index in [1.165, 1.54) is 37.7 Å². The fraction of sp³-hybridized carbons (Fsp3) is 0.880. The minimum Gasteiger partial charge on any atom is -0.481 e. The summed E-state index contributed by atoms with van der Waals surface area (Å²) in [6.45, 7) is 17.8. The molecule has 1 unspecified atom stereocenters. The van der Waals surface area contributed by atoms with Crippen LogP contribution < -0.4 is 0 Å². The molecule has 0 aromatic heterocycles. The molecule has 2 aliphatic carbocycles. The normalized spacial score (nSPS) is 35.2. The molecule has 0 aromatic rings. The number of carboxylic acid groups (broad SMARTS) is 1. The molecular weight excluding hydrogens is 348 g/mol. The number of hydrogen-bond donors (Lipinski definition) is 1. The minimum atomic E-state index is -0.678. The van der Waals surface area contributed by atoms with E-state index in [1.54, 1.807) is 0 Å². The Bertz CT molecular complexity index is 542. The molecule has 2 rings (SSSR count). The summed E-state index contributed by atoms with van der Waals surface area (Å²) in [4.78, 5) is 11.0. The van der Waals surface area contributed by atoms with Gasteiger partial charge in [-0.2, -0.15) is 0 Å². The Labute approximate surface area is 173 Å². The maximum Gasteiger partial charge on any atom is 0.303 e. The molecule has 0 spiro atoms. The van der Waals surface area contributed by atoms with Gasteiger partial charge in [-0.05, 0) is 73.0 Å². The average Bonchev–Trinajstić information content (AvgIpc) is 2.60. The van der Waals surface area contributed by atoms with Crippen molar-refractivity contribution in [2.45, 2.75) is 92.4 Å². The van der Waals surface area contributed by atoms with E-state index >= 15 is 0 Å². The predicted molar refractivity (Wildman–Crippen MR) is 116 cm³/mol. The highest BCUT2D eigenvalue weighted by Gasteiger charge is 2.54. The summed E-state index contributed by atoms with van der Waals surface area (Å²) >= 11 is 0. The van der Waals surface area contributed by atoms with Crippen LogP contribution in [0.3, 0.4) is 0 Å². The van der Waals surface area contributed by atoms with E-state index in [9.17, 15) is 4.79 Å². The Morgan fingerprint density at radius 2 is 2.00 bits per heavy atom. The molecule has 0 amide bonds. The van der Waals surface area contributed by atoms with Gasteiger partial charge in [0.05, 0.1) is 6.61 Å². The third-order valence-corrected chi connectivity index (χ3v) is 8.15. The molecule has 3 nitrogen and oxygen atoms in total.